The first-order valence-corrected chi connectivity index (χ1v) is 7.10. The molecule has 6 heteroatoms. The molecule has 0 aromatic carbocycles. The normalized spacial score (nSPS) is 19.3. The van der Waals surface area contributed by atoms with Crippen LogP contribution in [0, 0.1) is 12.3 Å². The van der Waals surface area contributed by atoms with E-state index in [1.807, 2.05) is 6.92 Å². The Hall–Kier alpha value is -1.85. The summed E-state index contributed by atoms with van der Waals surface area (Å²) in [6.45, 7) is 8.60. The van der Waals surface area contributed by atoms with Gasteiger partial charge in [-0.2, -0.15) is 5.10 Å². The highest BCUT2D eigenvalue weighted by molar-refractivity contribution is 5.17. The van der Waals surface area contributed by atoms with Gasteiger partial charge in [0.25, 0.3) is 0 Å². The Labute approximate surface area is 119 Å². The zero-order chi connectivity index (χ0) is 14.8. The maximum atomic E-state index is 5.21. The van der Waals surface area contributed by atoms with Crippen molar-refractivity contribution in [2.45, 2.75) is 52.9 Å². The third-order valence-corrected chi connectivity index (χ3v) is 3.58. The van der Waals surface area contributed by atoms with E-state index < -0.39 is 0 Å². The first-order chi connectivity index (χ1) is 9.42. The molecule has 0 amide bonds. The monoisotopic (exact) mass is 276 g/mol. The Bertz CT molecular complexity index is 537. The van der Waals surface area contributed by atoms with E-state index in [2.05, 4.69) is 45.9 Å². The second kappa shape index (κ2) is 5.64. The molecule has 20 heavy (non-hydrogen) atoms. The van der Waals surface area contributed by atoms with Gasteiger partial charge in [-0.25, -0.2) is 9.97 Å². The summed E-state index contributed by atoms with van der Waals surface area (Å²) in [5.74, 6) is 3.14. The molecular weight excluding hydrogens is 252 g/mol. The minimum atomic E-state index is 0.436. The first kappa shape index (κ1) is 14.6. The van der Waals surface area contributed by atoms with E-state index in [9.17, 15) is 0 Å². The lowest BCUT2D eigenvalue weighted by Crippen LogP contribution is -1.92. The van der Waals surface area contributed by atoms with Crippen molar-refractivity contribution in [3.8, 4) is 0 Å². The van der Waals surface area contributed by atoms with Crippen molar-refractivity contribution in [2.75, 3.05) is 5.73 Å². The van der Waals surface area contributed by atoms with E-state index in [0.717, 1.165) is 30.2 Å². The number of imidazole rings is 1. The van der Waals surface area contributed by atoms with E-state index in [1.54, 1.807) is 6.20 Å². The van der Waals surface area contributed by atoms with E-state index in [-0.39, 0.29) is 0 Å². The molecule has 1 atom stereocenters. The van der Waals surface area contributed by atoms with Crippen LogP contribution in [0.4, 0.5) is 5.95 Å². The predicted octanol–water partition coefficient (Wildman–Crippen LogP) is 2.57. The standard InChI is InChI=1S/C10H17N3.C4H7N3/c1-4-5-8-11-9(13-12-8)7-6-10(7,2)3;1-3-2-6-4(5)7-3/h7H,4-6H2,1-3H3,(H,11,12,13);2H,1H3,(H3,5,6,7)/t7-;/m0./s1. The van der Waals surface area contributed by atoms with Gasteiger partial charge in [0.05, 0.1) is 0 Å². The smallest absolute Gasteiger partial charge is 0.197 e. The highest BCUT2D eigenvalue weighted by Gasteiger charge is 2.49. The summed E-state index contributed by atoms with van der Waals surface area (Å²) in [6.07, 6.45) is 5.06. The van der Waals surface area contributed by atoms with Crippen LogP contribution in [0.2, 0.25) is 0 Å². The fraction of sp³-hybridized carbons (Fsp3) is 0.643. The number of hydrogen-bond acceptors (Lipinski definition) is 4. The summed E-state index contributed by atoms with van der Waals surface area (Å²) in [5, 5.41) is 7.26. The summed E-state index contributed by atoms with van der Waals surface area (Å²) in [6, 6.07) is 0. The van der Waals surface area contributed by atoms with Crippen molar-refractivity contribution in [2.24, 2.45) is 5.41 Å². The predicted molar refractivity (Wildman–Crippen MR) is 79.3 cm³/mol. The molecule has 0 unspecified atom stereocenters. The lowest BCUT2D eigenvalue weighted by Gasteiger charge is -1.96. The van der Waals surface area contributed by atoms with Crippen molar-refractivity contribution in [3.05, 3.63) is 23.5 Å². The molecule has 0 saturated heterocycles. The molecule has 4 N–H and O–H groups in total. The third-order valence-electron chi connectivity index (χ3n) is 3.58. The largest absolute Gasteiger partial charge is 0.369 e. The van der Waals surface area contributed by atoms with Gasteiger partial charge < -0.3 is 10.7 Å². The molecular formula is C14H24N6. The van der Waals surface area contributed by atoms with Crippen molar-refractivity contribution in [1.29, 1.82) is 0 Å². The highest BCUT2D eigenvalue weighted by atomic mass is 15.2. The molecule has 0 aliphatic heterocycles. The van der Waals surface area contributed by atoms with Gasteiger partial charge in [0, 0.05) is 24.2 Å². The quantitative estimate of drug-likeness (QED) is 0.802. The molecule has 0 radical (unpaired) electrons. The highest BCUT2D eigenvalue weighted by Crippen LogP contribution is 2.57. The Balaban J connectivity index is 0.000000178. The van der Waals surface area contributed by atoms with Crippen LogP contribution in [0.3, 0.4) is 0 Å². The summed E-state index contributed by atoms with van der Waals surface area (Å²) < 4.78 is 0. The number of aryl methyl sites for hydroxylation is 2. The van der Waals surface area contributed by atoms with Gasteiger partial charge >= 0.3 is 0 Å². The molecule has 0 bridgehead atoms. The number of nitrogen functional groups attached to an aromatic ring is 1. The van der Waals surface area contributed by atoms with Crippen LogP contribution in [0.5, 0.6) is 0 Å². The number of H-pyrrole nitrogens is 2. The van der Waals surface area contributed by atoms with E-state index in [4.69, 9.17) is 5.73 Å². The molecule has 3 rings (SSSR count). The number of hydrogen-bond donors (Lipinski definition) is 3. The van der Waals surface area contributed by atoms with Gasteiger partial charge in [0.15, 0.2) is 11.8 Å². The van der Waals surface area contributed by atoms with Crippen LogP contribution >= 0.6 is 0 Å². The van der Waals surface area contributed by atoms with Crippen LogP contribution in [0.1, 0.15) is 56.9 Å². The average Bonchev–Trinajstić information content (AvgIpc) is 2.75. The Morgan fingerprint density at radius 2 is 2.15 bits per heavy atom. The SMILES string of the molecule is CCCc1nc([C@@H]2CC2(C)C)n[nH]1.Cc1cnc(N)[nH]1. The number of aromatic nitrogens is 5. The lowest BCUT2D eigenvalue weighted by atomic mass is 10.1. The van der Waals surface area contributed by atoms with E-state index in [1.165, 1.54) is 6.42 Å². The maximum Gasteiger partial charge on any atom is 0.197 e. The number of nitrogens with zero attached hydrogens (tertiary/aromatic N) is 3. The molecule has 110 valence electrons. The van der Waals surface area contributed by atoms with Crippen LogP contribution < -0.4 is 5.73 Å². The zero-order valence-corrected chi connectivity index (χ0v) is 12.7. The summed E-state index contributed by atoms with van der Waals surface area (Å²) in [4.78, 5) is 11.0. The molecule has 2 aromatic heterocycles. The minimum Gasteiger partial charge on any atom is -0.369 e. The van der Waals surface area contributed by atoms with Crippen molar-refractivity contribution in [3.63, 3.8) is 0 Å². The molecule has 2 aromatic rings. The summed E-state index contributed by atoms with van der Waals surface area (Å²) in [5.41, 5.74) is 6.65. The first-order valence-electron chi connectivity index (χ1n) is 7.10. The van der Waals surface area contributed by atoms with Crippen molar-refractivity contribution in [1.82, 2.24) is 25.1 Å². The van der Waals surface area contributed by atoms with E-state index in [0.29, 0.717) is 17.3 Å². The summed E-state index contributed by atoms with van der Waals surface area (Å²) in [7, 11) is 0. The van der Waals surface area contributed by atoms with Gasteiger partial charge in [0.1, 0.15) is 5.82 Å². The number of anilines is 1. The van der Waals surface area contributed by atoms with Gasteiger partial charge in [-0.15, -0.1) is 0 Å². The molecule has 6 nitrogen and oxygen atoms in total. The second-order valence-corrected chi connectivity index (χ2v) is 6.09. The third kappa shape index (κ3) is 3.59. The molecule has 1 aliphatic carbocycles. The number of aromatic amines is 2. The van der Waals surface area contributed by atoms with Crippen LogP contribution in [-0.4, -0.2) is 25.1 Å². The number of nitrogens with two attached hydrogens (primary N) is 1. The molecule has 1 saturated carbocycles. The topological polar surface area (TPSA) is 96.3 Å². The number of nitrogens with one attached hydrogen (secondary N) is 2. The Morgan fingerprint density at radius 1 is 1.45 bits per heavy atom. The van der Waals surface area contributed by atoms with Gasteiger partial charge in [-0.3, -0.25) is 5.10 Å². The fourth-order valence-electron chi connectivity index (χ4n) is 2.16. The van der Waals surface area contributed by atoms with Crippen molar-refractivity contribution >= 4 is 5.95 Å². The lowest BCUT2D eigenvalue weighted by molar-refractivity contribution is 0.609. The Kier molecular flexibility index (Phi) is 4.11. The molecule has 0 spiro atoms. The molecule has 1 fully saturated rings. The van der Waals surface area contributed by atoms with Crippen LogP contribution in [0.15, 0.2) is 6.20 Å². The van der Waals surface area contributed by atoms with Crippen LogP contribution in [-0.2, 0) is 6.42 Å². The number of rotatable bonds is 3. The van der Waals surface area contributed by atoms with Gasteiger partial charge in [-0.1, -0.05) is 20.8 Å². The molecule has 1 aliphatic rings. The zero-order valence-electron chi connectivity index (χ0n) is 12.7. The average molecular weight is 276 g/mol. The van der Waals surface area contributed by atoms with Crippen LogP contribution in [0.25, 0.3) is 0 Å². The van der Waals surface area contributed by atoms with Gasteiger partial charge in [-0.05, 0) is 25.2 Å². The molecule has 2 heterocycles. The maximum absolute atomic E-state index is 5.21. The van der Waals surface area contributed by atoms with E-state index >= 15 is 0 Å². The van der Waals surface area contributed by atoms with Gasteiger partial charge in [0.2, 0.25) is 0 Å². The summed E-state index contributed by atoms with van der Waals surface area (Å²) >= 11 is 0. The van der Waals surface area contributed by atoms with Crippen molar-refractivity contribution < 1.29 is 0 Å². The minimum absolute atomic E-state index is 0.436. The Morgan fingerprint density at radius 3 is 2.55 bits per heavy atom. The fourth-order valence-corrected chi connectivity index (χ4v) is 2.16. The second-order valence-electron chi connectivity index (χ2n) is 6.09.